The predicted octanol–water partition coefficient (Wildman–Crippen LogP) is 1.53. The molecule has 0 aliphatic carbocycles. The van der Waals surface area contributed by atoms with Crippen LogP contribution in [0, 0.1) is 6.92 Å². The zero-order valence-corrected chi connectivity index (χ0v) is 15.1. The first-order valence-electron chi connectivity index (χ1n) is 9.64. The Balaban J connectivity index is 1.24. The van der Waals surface area contributed by atoms with Crippen molar-refractivity contribution >= 4 is 5.91 Å². The molecule has 25 heavy (non-hydrogen) atoms. The van der Waals surface area contributed by atoms with Crippen molar-refractivity contribution in [1.29, 1.82) is 0 Å². The molecular formula is C19H29N3O3. The van der Waals surface area contributed by atoms with E-state index in [2.05, 4.69) is 15.1 Å². The quantitative estimate of drug-likeness (QED) is 0.846. The molecule has 3 aliphatic heterocycles. The molecule has 0 bridgehead atoms. The van der Waals surface area contributed by atoms with Gasteiger partial charge in [-0.05, 0) is 51.4 Å². The van der Waals surface area contributed by atoms with E-state index in [4.69, 9.17) is 9.15 Å². The van der Waals surface area contributed by atoms with Gasteiger partial charge in [0.25, 0.3) is 0 Å². The number of hydrogen-bond donors (Lipinski definition) is 1. The van der Waals surface area contributed by atoms with Crippen LogP contribution < -0.4 is 5.32 Å². The summed E-state index contributed by atoms with van der Waals surface area (Å²) in [6, 6.07) is 4.38. The molecular weight excluding hydrogens is 318 g/mol. The summed E-state index contributed by atoms with van der Waals surface area (Å²) in [4.78, 5) is 17.2. The third-order valence-electron chi connectivity index (χ3n) is 5.77. The zero-order valence-electron chi connectivity index (χ0n) is 15.1. The lowest BCUT2D eigenvalue weighted by molar-refractivity contribution is -0.132. The first kappa shape index (κ1) is 17.1. The predicted molar refractivity (Wildman–Crippen MR) is 94.2 cm³/mol. The summed E-state index contributed by atoms with van der Waals surface area (Å²) < 4.78 is 11.7. The van der Waals surface area contributed by atoms with Crippen molar-refractivity contribution in [2.24, 2.45) is 0 Å². The summed E-state index contributed by atoms with van der Waals surface area (Å²) >= 11 is 0. The van der Waals surface area contributed by atoms with Crippen LogP contribution in [0.4, 0.5) is 0 Å². The minimum Gasteiger partial charge on any atom is -0.465 e. The first-order chi connectivity index (χ1) is 12.2. The molecule has 1 N–H and O–H groups in total. The lowest BCUT2D eigenvalue weighted by Gasteiger charge is -2.21. The number of rotatable bonds is 6. The molecule has 0 aromatic carbocycles. The van der Waals surface area contributed by atoms with Crippen LogP contribution in [-0.4, -0.2) is 66.7 Å². The van der Waals surface area contributed by atoms with Gasteiger partial charge >= 0.3 is 0 Å². The van der Waals surface area contributed by atoms with Crippen molar-refractivity contribution in [3.8, 4) is 0 Å². The SMILES string of the molecule is Cc1ccc(CN2CC[C@H]3O[C@H](C(=O)NCCN4CCCC4)C[C@H]32)o1. The summed E-state index contributed by atoms with van der Waals surface area (Å²) in [6.07, 6.45) is 4.25. The van der Waals surface area contributed by atoms with E-state index in [-0.39, 0.29) is 18.1 Å². The number of furan rings is 1. The first-order valence-corrected chi connectivity index (χ1v) is 9.64. The van der Waals surface area contributed by atoms with Gasteiger partial charge in [0.1, 0.15) is 17.6 Å². The van der Waals surface area contributed by atoms with Crippen LogP contribution in [0.3, 0.4) is 0 Å². The molecule has 1 aromatic rings. The number of amides is 1. The normalized spacial score (nSPS) is 30.0. The van der Waals surface area contributed by atoms with Gasteiger partial charge in [0.05, 0.1) is 12.6 Å². The third-order valence-corrected chi connectivity index (χ3v) is 5.77. The van der Waals surface area contributed by atoms with Gasteiger partial charge in [-0.2, -0.15) is 0 Å². The molecule has 3 aliphatic rings. The van der Waals surface area contributed by atoms with Crippen molar-refractivity contribution in [2.45, 2.75) is 57.4 Å². The van der Waals surface area contributed by atoms with Crippen molar-refractivity contribution < 1.29 is 13.9 Å². The molecule has 4 rings (SSSR count). The molecule has 3 saturated heterocycles. The highest BCUT2D eigenvalue weighted by atomic mass is 16.5. The summed E-state index contributed by atoms with van der Waals surface area (Å²) in [5.41, 5.74) is 0. The average Bonchev–Trinajstić information content (AvgIpc) is 3.34. The highest BCUT2D eigenvalue weighted by Crippen LogP contribution is 2.34. The number of ether oxygens (including phenoxy) is 1. The van der Waals surface area contributed by atoms with Crippen molar-refractivity contribution in [1.82, 2.24) is 15.1 Å². The van der Waals surface area contributed by atoms with Crippen LogP contribution in [0.25, 0.3) is 0 Å². The topological polar surface area (TPSA) is 58.0 Å². The summed E-state index contributed by atoms with van der Waals surface area (Å²) in [7, 11) is 0. The van der Waals surface area contributed by atoms with E-state index in [1.807, 2.05) is 19.1 Å². The summed E-state index contributed by atoms with van der Waals surface area (Å²) in [5, 5.41) is 3.07. The minimum absolute atomic E-state index is 0.0578. The maximum atomic E-state index is 12.4. The van der Waals surface area contributed by atoms with E-state index >= 15 is 0 Å². The summed E-state index contributed by atoms with van der Waals surface area (Å²) in [5.74, 6) is 2.00. The Kier molecular flexibility index (Phi) is 5.10. The van der Waals surface area contributed by atoms with E-state index < -0.39 is 0 Å². The van der Waals surface area contributed by atoms with Crippen molar-refractivity contribution in [3.63, 3.8) is 0 Å². The Labute approximate surface area is 149 Å². The molecule has 6 heteroatoms. The molecule has 0 radical (unpaired) electrons. The average molecular weight is 347 g/mol. The highest BCUT2D eigenvalue weighted by molar-refractivity contribution is 5.81. The third kappa shape index (κ3) is 3.91. The zero-order chi connectivity index (χ0) is 17.2. The van der Waals surface area contributed by atoms with Crippen LogP contribution in [-0.2, 0) is 16.1 Å². The molecule has 1 amide bonds. The second kappa shape index (κ2) is 7.48. The minimum atomic E-state index is -0.297. The number of nitrogens with zero attached hydrogens (tertiary/aromatic N) is 2. The molecule has 4 heterocycles. The monoisotopic (exact) mass is 347 g/mol. The van der Waals surface area contributed by atoms with E-state index in [1.54, 1.807) is 0 Å². The van der Waals surface area contributed by atoms with E-state index in [0.717, 1.165) is 50.5 Å². The number of hydrogen-bond acceptors (Lipinski definition) is 5. The Morgan fingerprint density at radius 2 is 2.12 bits per heavy atom. The van der Waals surface area contributed by atoms with Crippen LogP contribution in [0.2, 0.25) is 0 Å². The molecule has 6 nitrogen and oxygen atoms in total. The number of carbonyl (C=O) groups excluding carboxylic acids is 1. The fraction of sp³-hybridized carbons (Fsp3) is 0.737. The van der Waals surface area contributed by atoms with Gasteiger partial charge in [-0.25, -0.2) is 0 Å². The second-order valence-electron chi connectivity index (χ2n) is 7.58. The van der Waals surface area contributed by atoms with Crippen molar-refractivity contribution in [2.75, 3.05) is 32.7 Å². The standard InChI is InChI=1S/C19H29N3O3/c1-14-4-5-15(24-14)13-22-10-6-17-16(22)12-18(25-17)19(23)20-7-11-21-8-2-3-9-21/h4-5,16-18H,2-3,6-13H2,1H3,(H,20,23)/t16-,17-,18+/m1/s1. The number of likely N-dealkylation sites (tertiary alicyclic amines) is 2. The fourth-order valence-electron chi connectivity index (χ4n) is 4.42. The molecule has 0 unspecified atom stereocenters. The van der Waals surface area contributed by atoms with E-state index in [9.17, 15) is 4.79 Å². The van der Waals surface area contributed by atoms with Gasteiger partial charge in [0, 0.05) is 32.1 Å². The molecule has 0 saturated carbocycles. The van der Waals surface area contributed by atoms with Gasteiger partial charge in [-0.1, -0.05) is 0 Å². The lowest BCUT2D eigenvalue weighted by atomic mass is 10.1. The second-order valence-corrected chi connectivity index (χ2v) is 7.58. The van der Waals surface area contributed by atoms with Crippen LogP contribution in [0.1, 0.15) is 37.2 Å². The molecule has 0 spiro atoms. The lowest BCUT2D eigenvalue weighted by Crippen LogP contribution is -2.40. The maximum Gasteiger partial charge on any atom is 0.249 e. The highest BCUT2D eigenvalue weighted by Gasteiger charge is 2.45. The van der Waals surface area contributed by atoms with Crippen molar-refractivity contribution in [3.05, 3.63) is 23.7 Å². The Morgan fingerprint density at radius 1 is 1.28 bits per heavy atom. The molecule has 3 fully saturated rings. The van der Waals surface area contributed by atoms with E-state index in [1.165, 1.54) is 25.9 Å². The smallest absolute Gasteiger partial charge is 0.249 e. The van der Waals surface area contributed by atoms with Crippen LogP contribution in [0.15, 0.2) is 16.5 Å². The van der Waals surface area contributed by atoms with Gasteiger partial charge < -0.3 is 19.4 Å². The summed E-state index contributed by atoms with van der Waals surface area (Å²) in [6.45, 7) is 7.80. The van der Waals surface area contributed by atoms with E-state index in [0.29, 0.717) is 6.04 Å². The van der Waals surface area contributed by atoms with Crippen LogP contribution >= 0.6 is 0 Å². The number of carbonyl (C=O) groups is 1. The fourth-order valence-corrected chi connectivity index (χ4v) is 4.42. The molecule has 138 valence electrons. The largest absolute Gasteiger partial charge is 0.465 e. The number of fused-ring (bicyclic) bond motifs is 1. The molecule has 3 atom stereocenters. The van der Waals surface area contributed by atoms with Gasteiger partial charge in [0.2, 0.25) is 5.91 Å². The Morgan fingerprint density at radius 3 is 2.88 bits per heavy atom. The maximum absolute atomic E-state index is 12.4. The van der Waals surface area contributed by atoms with Gasteiger partial charge in [-0.3, -0.25) is 9.69 Å². The van der Waals surface area contributed by atoms with Crippen LogP contribution in [0.5, 0.6) is 0 Å². The Hall–Kier alpha value is -1.37. The van der Waals surface area contributed by atoms with Gasteiger partial charge in [-0.15, -0.1) is 0 Å². The molecule has 1 aromatic heterocycles. The number of nitrogens with one attached hydrogen (secondary N) is 1. The Bertz CT molecular complexity index is 596. The number of aryl methyl sites for hydroxylation is 1. The van der Waals surface area contributed by atoms with Gasteiger partial charge in [0.15, 0.2) is 0 Å².